The first-order valence-corrected chi connectivity index (χ1v) is 6.21. The van der Waals surface area contributed by atoms with Crippen LogP contribution < -0.4 is 5.32 Å². The minimum atomic E-state index is -0.483. The second kappa shape index (κ2) is 5.85. The van der Waals surface area contributed by atoms with Crippen LogP contribution in [0.3, 0.4) is 0 Å². The monoisotopic (exact) mass is 280 g/mol. The number of pyridine rings is 1. The van der Waals surface area contributed by atoms with Crippen LogP contribution in [0.2, 0.25) is 0 Å². The van der Waals surface area contributed by atoms with E-state index in [9.17, 15) is 14.9 Å². The number of nitrogens with zero attached hydrogens (tertiary/aromatic N) is 3. The number of carbonyl (C=O) groups excluding carboxylic acids is 1. The van der Waals surface area contributed by atoms with Gasteiger partial charge >= 0.3 is 5.69 Å². The zero-order valence-electron chi connectivity index (χ0n) is 12.4. The van der Waals surface area contributed by atoms with E-state index in [4.69, 9.17) is 0 Å². The Hall–Kier alpha value is -2.18. The Balaban J connectivity index is 3.18. The average Bonchev–Trinajstić information content (AvgIpc) is 2.34. The standard InChI is InChI=1S/C13H20N4O3/c1-9-6-10(17(19)20)11(14-7-9)15-12(13(2,3)4)16(5)8-18/h6-8,12H,1-5H3,(H,14,15). The molecule has 0 aliphatic heterocycles. The molecule has 0 aliphatic carbocycles. The molecule has 0 saturated heterocycles. The molecule has 0 saturated carbocycles. The summed E-state index contributed by atoms with van der Waals surface area (Å²) in [4.78, 5) is 27.1. The van der Waals surface area contributed by atoms with E-state index in [1.807, 2.05) is 20.8 Å². The lowest BCUT2D eigenvalue weighted by molar-refractivity contribution is -0.384. The molecule has 0 aliphatic rings. The summed E-state index contributed by atoms with van der Waals surface area (Å²) in [6, 6.07) is 1.45. The minimum absolute atomic E-state index is 0.0986. The predicted octanol–water partition coefficient (Wildman–Crippen LogP) is 2.17. The van der Waals surface area contributed by atoms with Crippen LogP contribution in [-0.2, 0) is 4.79 Å². The van der Waals surface area contributed by atoms with E-state index in [2.05, 4.69) is 10.3 Å². The molecule has 1 aromatic rings. The number of nitrogens with one attached hydrogen (secondary N) is 1. The van der Waals surface area contributed by atoms with Gasteiger partial charge in [0.15, 0.2) is 0 Å². The van der Waals surface area contributed by atoms with Crippen molar-refractivity contribution in [2.75, 3.05) is 12.4 Å². The third-order valence-corrected chi connectivity index (χ3v) is 2.87. The van der Waals surface area contributed by atoms with Gasteiger partial charge in [0.05, 0.1) is 4.92 Å². The molecule has 0 spiro atoms. The highest BCUT2D eigenvalue weighted by molar-refractivity contribution is 5.58. The SMILES string of the molecule is Cc1cnc(NC(N(C)C=O)C(C)(C)C)c([N+](=O)[O-])c1. The van der Waals surface area contributed by atoms with Gasteiger partial charge in [0.2, 0.25) is 12.2 Å². The molecule has 0 radical (unpaired) electrons. The van der Waals surface area contributed by atoms with Crippen molar-refractivity contribution in [1.82, 2.24) is 9.88 Å². The molecule has 1 aromatic heterocycles. The summed E-state index contributed by atoms with van der Waals surface area (Å²) in [5.74, 6) is 0.161. The quantitative estimate of drug-likeness (QED) is 0.386. The molecule has 0 fully saturated rings. The molecule has 20 heavy (non-hydrogen) atoms. The Morgan fingerprint density at radius 1 is 1.50 bits per heavy atom. The predicted molar refractivity (Wildman–Crippen MR) is 76.3 cm³/mol. The second-order valence-corrected chi connectivity index (χ2v) is 5.82. The zero-order valence-corrected chi connectivity index (χ0v) is 12.4. The highest BCUT2D eigenvalue weighted by atomic mass is 16.6. The van der Waals surface area contributed by atoms with Gasteiger partial charge in [-0.15, -0.1) is 0 Å². The van der Waals surface area contributed by atoms with Crippen LogP contribution in [0.5, 0.6) is 0 Å². The third kappa shape index (κ3) is 3.66. The molecule has 0 aromatic carbocycles. The van der Waals surface area contributed by atoms with Gasteiger partial charge in [-0.1, -0.05) is 20.8 Å². The molecule has 7 nitrogen and oxygen atoms in total. The van der Waals surface area contributed by atoms with Crippen molar-refractivity contribution in [2.24, 2.45) is 5.41 Å². The smallest absolute Gasteiger partial charge is 0.311 e. The molecule has 1 atom stereocenters. The van der Waals surface area contributed by atoms with Crippen LogP contribution in [-0.4, -0.2) is 34.4 Å². The minimum Gasteiger partial charge on any atom is -0.344 e. The summed E-state index contributed by atoms with van der Waals surface area (Å²) in [7, 11) is 1.62. The fourth-order valence-corrected chi connectivity index (χ4v) is 1.92. The topological polar surface area (TPSA) is 88.4 Å². The summed E-state index contributed by atoms with van der Waals surface area (Å²) < 4.78 is 0. The third-order valence-electron chi connectivity index (χ3n) is 2.87. The highest BCUT2D eigenvalue weighted by Crippen LogP contribution is 2.28. The van der Waals surface area contributed by atoms with Crippen molar-refractivity contribution in [3.05, 3.63) is 27.9 Å². The van der Waals surface area contributed by atoms with Gasteiger partial charge in [-0.05, 0) is 12.5 Å². The number of hydrogen-bond acceptors (Lipinski definition) is 5. The van der Waals surface area contributed by atoms with Crippen molar-refractivity contribution in [3.8, 4) is 0 Å². The van der Waals surface area contributed by atoms with Gasteiger partial charge in [0.25, 0.3) is 0 Å². The number of amides is 1. The van der Waals surface area contributed by atoms with Crippen LogP contribution in [0, 0.1) is 22.5 Å². The lowest BCUT2D eigenvalue weighted by Gasteiger charge is -2.36. The van der Waals surface area contributed by atoms with Crippen LogP contribution >= 0.6 is 0 Å². The highest BCUT2D eigenvalue weighted by Gasteiger charge is 2.30. The second-order valence-electron chi connectivity index (χ2n) is 5.82. The molecule has 110 valence electrons. The van der Waals surface area contributed by atoms with E-state index >= 15 is 0 Å². The molecule has 1 amide bonds. The lowest BCUT2D eigenvalue weighted by atomic mass is 9.91. The number of nitro groups is 1. The van der Waals surface area contributed by atoms with Crippen LogP contribution in [0.4, 0.5) is 11.5 Å². The average molecular weight is 280 g/mol. The fourth-order valence-electron chi connectivity index (χ4n) is 1.92. The number of hydrogen-bond donors (Lipinski definition) is 1. The Morgan fingerprint density at radius 2 is 2.10 bits per heavy atom. The molecule has 1 unspecified atom stereocenters. The summed E-state index contributed by atoms with van der Waals surface area (Å²) in [5.41, 5.74) is 0.299. The normalized spacial score (nSPS) is 12.7. The van der Waals surface area contributed by atoms with Crippen molar-refractivity contribution < 1.29 is 9.72 Å². The largest absolute Gasteiger partial charge is 0.344 e. The summed E-state index contributed by atoms with van der Waals surface area (Å²) in [6.07, 6.45) is 1.83. The van der Waals surface area contributed by atoms with Gasteiger partial charge in [-0.2, -0.15) is 0 Å². The number of carbonyl (C=O) groups is 1. The maximum absolute atomic E-state index is 11.1. The summed E-state index contributed by atoms with van der Waals surface area (Å²) >= 11 is 0. The van der Waals surface area contributed by atoms with E-state index in [0.29, 0.717) is 12.0 Å². The molecular formula is C13H20N4O3. The van der Waals surface area contributed by atoms with E-state index < -0.39 is 11.1 Å². The summed E-state index contributed by atoms with van der Waals surface area (Å²) in [5, 5.41) is 14.1. The van der Waals surface area contributed by atoms with E-state index in [0.717, 1.165) is 0 Å². The zero-order chi connectivity index (χ0) is 15.5. The van der Waals surface area contributed by atoms with Gasteiger partial charge < -0.3 is 10.2 Å². The van der Waals surface area contributed by atoms with Crippen molar-refractivity contribution in [3.63, 3.8) is 0 Å². The van der Waals surface area contributed by atoms with Gasteiger partial charge in [0.1, 0.15) is 6.17 Å². The molecule has 1 heterocycles. The first-order valence-electron chi connectivity index (χ1n) is 6.21. The molecular weight excluding hydrogens is 260 g/mol. The van der Waals surface area contributed by atoms with Crippen LogP contribution in [0.15, 0.2) is 12.3 Å². The Morgan fingerprint density at radius 3 is 2.55 bits per heavy atom. The van der Waals surface area contributed by atoms with Crippen molar-refractivity contribution in [2.45, 2.75) is 33.9 Å². The number of aryl methyl sites for hydroxylation is 1. The Labute approximate surface area is 118 Å². The first kappa shape index (κ1) is 15.9. The van der Waals surface area contributed by atoms with E-state index in [1.165, 1.54) is 11.0 Å². The van der Waals surface area contributed by atoms with E-state index in [1.54, 1.807) is 20.2 Å². The number of aromatic nitrogens is 1. The maximum Gasteiger partial charge on any atom is 0.311 e. The lowest BCUT2D eigenvalue weighted by Crippen LogP contribution is -2.47. The number of rotatable bonds is 5. The van der Waals surface area contributed by atoms with Crippen molar-refractivity contribution >= 4 is 17.9 Å². The molecule has 1 N–H and O–H groups in total. The fraction of sp³-hybridized carbons (Fsp3) is 0.538. The van der Waals surface area contributed by atoms with Crippen LogP contribution in [0.1, 0.15) is 26.3 Å². The molecule has 7 heteroatoms. The summed E-state index contributed by atoms with van der Waals surface area (Å²) in [6.45, 7) is 7.54. The van der Waals surface area contributed by atoms with Gasteiger partial charge in [-0.25, -0.2) is 4.98 Å². The van der Waals surface area contributed by atoms with Crippen LogP contribution in [0.25, 0.3) is 0 Å². The Bertz CT molecular complexity index is 511. The van der Waals surface area contributed by atoms with Gasteiger partial charge in [0, 0.05) is 24.7 Å². The Kier molecular flexibility index (Phi) is 4.65. The van der Waals surface area contributed by atoms with E-state index in [-0.39, 0.29) is 16.9 Å². The van der Waals surface area contributed by atoms with Gasteiger partial charge in [-0.3, -0.25) is 14.9 Å². The maximum atomic E-state index is 11.1. The first-order chi connectivity index (χ1) is 9.16. The molecule has 0 bridgehead atoms. The molecule has 1 rings (SSSR count). The van der Waals surface area contributed by atoms with Crippen molar-refractivity contribution in [1.29, 1.82) is 0 Å². The number of anilines is 1.